The molecule has 0 bridgehead atoms. The summed E-state index contributed by atoms with van der Waals surface area (Å²) in [7, 11) is 0. The van der Waals surface area contributed by atoms with E-state index in [1.165, 1.54) is 6.07 Å². The highest BCUT2D eigenvalue weighted by molar-refractivity contribution is 5.59. The van der Waals surface area contributed by atoms with Gasteiger partial charge in [0, 0.05) is 5.56 Å². The Hall–Kier alpha value is -2.01. The van der Waals surface area contributed by atoms with E-state index in [0.717, 1.165) is 5.76 Å². The van der Waals surface area contributed by atoms with Crippen molar-refractivity contribution in [3.8, 4) is 23.7 Å². The Bertz CT molecular complexity index is 532. The number of benzene rings is 1. The molecule has 2 aromatic rings. The van der Waals surface area contributed by atoms with Crippen LogP contribution < -0.4 is 0 Å². The van der Waals surface area contributed by atoms with Gasteiger partial charge in [-0.1, -0.05) is 5.92 Å². The Kier molecular flexibility index (Phi) is 2.31. The SMILES string of the molecule is C#Cc1ccc(-c2ccc(C)o2)cc1F. The van der Waals surface area contributed by atoms with E-state index in [4.69, 9.17) is 10.8 Å². The van der Waals surface area contributed by atoms with Crippen LogP contribution in [-0.4, -0.2) is 0 Å². The molecular formula is C13H9FO. The minimum absolute atomic E-state index is 0.266. The summed E-state index contributed by atoms with van der Waals surface area (Å²) in [5.41, 5.74) is 0.960. The van der Waals surface area contributed by atoms with Gasteiger partial charge in [0.15, 0.2) is 0 Å². The van der Waals surface area contributed by atoms with Crippen molar-refractivity contribution < 1.29 is 8.81 Å². The summed E-state index contributed by atoms with van der Waals surface area (Å²) in [6, 6.07) is 8.34. The zero-order valence-electron chi connectivity index (χ0n) is 8.25. The lowest BCUT2D eigenvalue weighted by Gasteiger charge is -1.99. The van der Waals surface area contributed by atoms with E-state index in [0.29, 0.717) is 11.3 Å². The lowest BCUT2D eigenvalue weighted by molar-refractivity contribution is 0.547. The molecule has 0 aliphatic rings. The van der Waals surface area contributed by atoms with Crippen LogP contribution in [0.1, 0.15) is 11.3 Å². The molecule has 0 radical (unpaired) electrons. The van der Waals surface area contributed by atoms with E-state index in [1.807, 2.05) is 13.0 Å². The normalized spacial score (nSPS) is 9.93. The highest BCUT2D eigenvalue weighted by Gasteiger charge is 2.05. The monoisotopic (exact) mass is 200 g/mol. The molecule has 0 aliphatic heterocycles. The third-order valence-electron chi connectivity index (χ3n) is 2.15. The number of rotatable bonds is 1. The average molecular weight is 200 g/mol. The summed E-state index contributed by atoms with van der Waals surface area (Å²) in [6.07, 6.45) is 5.13. The first-order valence-electron chi connectivity index (χ1n) is 4.53. The fourth-order valence-electron chi connectivity index (χ4n) is 1.38. The summed E-state index contributed by atoms with van der Waals surface area (Å²) in [4.78, 5) is 0. The van der Waals surface area contributed by atoms with Crippen LogP contribution in [0.3, 0.4) is 0 Å². The maximum Gasteiger partial charge on any atom is 0.139 e. The molecule has 0 saturated carbocycles. The summed E-state index contributed by atoms with van der Waals surface area (Å²) in [5.74, 6) is 3.32. The number of furan rings is 1. The number of halogens is 1. The maximum absolute atomic E-state index is 13.4. The topological polar surface area (TPSA) is 13.1 Å². The van der Waals surface area contributed by atoms with Gasteiger partial charge in [0.1, 0.15) is 17.3 Å². The highest BCUT2D eigenvalue weighted by atomic mass is 19.1. The molecule has 2 heteroatoms. The zero-order chi connectivity index (χ0) is 10.8. The van der Waals surface area contributed by atoms with Crippen molar-refractivity contribution >= 4 is 0 Å². The summed E-state index contributed by atoms with van der Waals surface area (Å²) < 4.78 is 18.7. The van der Waals surface area contributed by atoms with Gasteiger partial charge in [-0.2, -0.15) is 0 Å². The summed E-state index contributed by atoms with van der Waals surface area (Å²) in [6.45, 7) is 1.84. The quantitative estimate of drug-likeness (QED) is 0.643. The third-order valence-corrected chi connectivity index (χ3v) is 2.15. The van der Waals surface area contributed by atoms with E-state index >= 15 is 0 Å². The van der Waals surface area contributed by atoms with Crippen LogP contribution in [0.5, 0.6) is 0 Å². The second-order valence-corrected chi connectivity index (χ2v) is 3.25. The molecule has 0 fully saturated rings. The van der Waals surface area contributed by atoms with Crippen LogP contribution in [0.4, 0.5) is 4.39 Å². The minimum atomic E-state index is -0.399. The molecule has 1 heterocycles. The minimum Gasteiger partial charge on any atom is -0.461 e. The van der Waals surface area contributed by atoms with Crippen molar-refractivity contribution in [2.75, 3.05) is 0 Å². The average Bonchev–Trinajstić information content (AvgIpc) is 2.65. The smallest absolute Gasteiger partial charge is 0.139 e. The van der Waals surface area contributed by atoms with Crippen LogP contribution in [0.15, 0.2) is 34.7 Å². The van der Waals surface area contributed by atoms with Crippen LogP contribution in [-0.2, 0) is 0 Å². The third kappa shape index (κ3) is 1.77. The molecule has 0 atom stereocenters. The Morgan fingerprint density at radius 3 is 2.60 bits per heavy atom. The van der Waals surface area contributed by atoms with Crippen molar-refractivity contribution in [1.29, 1.82) is 0 Å². The lowest BCUT2D eigenvalue weighted by Crippen LogP contribution is -1.84. The zero-order valence-corrected chi connectivity index (χ0v) is 8.25. The second kappa shape index (κ2) is 3.62. The van der Waals surface area contributed by atoms with E-state index in [9.17, 15) is 4.39 Å². The van der Waals surface area contributed by atoms with Crippen molar-refractivity contribution in [3.05, 3.63) is 47.5 Å². The molecule has 1 aromatic heterocycles. The van der Waals surface area contributed by atoms with Gasteiger partial charge < -0.3 is 4.42 Å². The van der Waals surface area contributed by atoms with Gasteiger partial charge in [0.05, 0.1) is 5.56 Å². The van der Waals surface area contributed by atoms with Gasteiger partial charge in [-0.15, -0.1) is 6.42 Å². The van der Waals surface area contributed by atoms with Crippen molar-refractivity contribution in [2.45, 2.75) is 6.92 Å². The molecule has 1 aromatic carbocycles. The highest BCUT2D eigenvalue weighted by Crippen LogP contribution is 2.23. The molecule has 0 spiro atoms. The second-order valence-electron chi connectivity index (χ2n) is 3.25. The predicted molar refractivity (Wildman–Crippen MR) is 56.8 cm³/mol. The Labute approximate surface area is 87.5 Å². The van der Waals surface area contributed by atoms with Gasteiger partial charge in [-0.05, 0) is 37.3 Å². The molecule has 1 nitrogen and oxygen atoms in total. The van der Waals surface area contributed by atoms with E-state index < -0.39 is 5.82 Å². The molecule has 0 amide bonds. The predicted octanol–water partition coefficient (Wildman–Crippen LogP) is 3.38. The fraction of sp³-hybridized carbons (Fsp3) is 0.0769. The number of hydrogen-bond donors (Lipinski definition) is 0. The van der Waals surface area contributed by atoms with Crippen molar-refractivity contribution in [3.63, 3.8) is 0 Å². The van der Waals surface area contributed by atoms with Gasteiger partial charge in [0.2, 0.25) is 0 Å². The molecule has 0 aliphatic carbocycles. The molecule has 2 rings (SSSR count). The van der Waals surface area contributed by atoms with Crippen molar-refractivity contribution in [2.24, 2.45) is 0 Å². The largest absolute Gasteiger partial charge is 0.461 e. The van der Waals surface area contributed by atoms with E-state index in [1.54, 1.807) is 18.2 Å². The van der Waals surface area contributed by atoms with Crippen molar-refractivity contribution in [1.82, 2.24) is 0 Å². The molecule has 0 N–H and O–H groups in total. The Balaban J connectivity index is 2.48. The van der Waals surface area contributed by atoms with Crippen LogP contribution in [0.25, 0.3) is 11.3 Å². The fourth-order valence-corrected chi connectivity index (χ4v) is 1.38. The Morgan fingerprint density at radius 1 is 1.27 bits per heavy atom. The first-order chi connectivity index (χ1) is 7.20. The maximum atomic E-state index is 13.4. The summed E-state index contributed by atoms with van der Waals surface area (Å²) >= 11 is 0. The number of terminal acetylenes is 1. The standard InChI is InChI=1S/C13H9FO/c1-3-10-5-6-11(8-12(10)14)13-7-4-9(2)15-13/h1,4-8H,2H3. The van der Waals surface area contributed by atoms with Gasteiger partial charge in [-0.25, -0.2) is 4.39 Å². The van der Waals surface area contributed by atoms with Crippen LogP contribution >= 0.6 is 0 Å². The van der Waals surface area contributed by atoms with Crippen LogP contribution in [0, 0.1) is 25.1 Å². The van der Waals surface area contributed by atoms with Gasteiger partial charge in [-0.3, -0.25) is 0 Å². The lowest BCUT2D eigenvalue weighted by atomic mass is 10.1. The molecule has 0 saturated heterocycles. The van der Waals surface area contributed by atoms with Gasteiger partial charge in [0.25, 0.3) is 0 Å². The molecular weight excluding hydrogens is 191 g/mol. The van der Waals surface area contributed by atoms with E-state index in [2.05, 4.69) is 5.92 Å². The van der Waals surface area contributed by atoms with Crippen LogP contribution in [0.2, 0.25) is 0 Å². The van der Waals surface area contributed by atoms with E-state index in [-0.39, 0.29) is 5.56 Å². The number of hydrogen-bond acceptors (Lipinski definition) is 1. The summed E-state index contributed by atoms with van der Waals surface area (Å²) in [5, 5.41) is 0. The van der Waals surface area contributed by atoms with Gasteiger partial charge >= 0.3 is 0 Å². The number of aryl methyl sites for hydroxylation is 1. The molecule has 15 heavy (non-hydrogen) atoms. The Morgan fingerprint density at radius 2 is 2.07 bits per heavy atom. The first kappa shape index (κ1) is 9.54. The molecule has 0 unspecified atom stereocenters. The molecule has 74 valence electrons. The first-order valence-corrected chi connectivity index (χ1v) is 4.53.